The Labute approximate surface area is 198 Å². The largest absolute Gasteiger partial charge is 0.368 e. The average molecular weight is 459 g/mol. The molecule has 0 radical (unpaired) electrons. The second-order valence-corrected chi connectivity index (χ2v) is 8.67. The normalized spacial score (nSPS) is 29.0. The number of fused-ring (bicyclic) bond motifs is 1. The first-order chi connectivity index (χ1) is 16.8. The summed E-state index contributed by atoms with van der Waals surface area (Å²) in [6.07, 6.45) is -2.28. The fraction of sp³-hybridized carbons (Fsp3) is 0.333. The lowest BCUT2D eigenvalue weighted by atomic mass is 9.94. The zero-order chi connectivity index (χ0) is 22.8. The highest BCUT2D eigenvalue weighted by Gasteiger charge is 2.64. The molecule has 7 heteroatoms. The van der Waals surface area contributed by atoms with E-state index in [0.717, 1.165) is 16.7 Å². The summed E-state index contributed by atoms with van der Waals surface area (Å²) in [5, 5.41) is 8.49. The molecule has 5 unspecified atom stereocenters. The van der Waals surface area contributed by atoms with E-state index < -0.39 is 30.5 Å². The van der Waals surface area contributed by atoms with Gasteiger partial charge in [-0.25, -0.2) is 0 Å². The maximum atomic E-state index is 6.49. The third kappa shape index (κ3) is 4.41. The standard InChI is InChI=1S/C27H26N2O5/c1-4-10-19(11-5-1)16-30-24-23-22(18-32-26(33-23)21-14-8-3-9-15-21)34-27(28-29-27)25(24)31-17-20-12-6-2-7-13-20/h1-15,22-26H,16-18H2. The molecular weight excluding hydrogens is 432 g/mol. The lowest BCUT2D eigenvalue weighted by Gasteiger charge is -2.47. The molecule has 0 amide bonds. The molecule has 3 aliphatic heterocycles. The fourth-order valence-corrected chi connectivity index (χ4v) is 4.52. The molecule has 6 rings (SSSR count). The summed E-state index contributed by atoms with van der Waals surface area (Å²) in [7, 11) is 0. The van der Waals surface area contributed by atoms with Crippen LogP contribution < -0.4 is 0 Å². The molecule has 2 fully saturated rings. The molecule has 0 bridgehead atoms. The van der Waals surface area contributed by atoms with Gasteiger partial charge in [0.1, 0.15) is 18.3 Å². The topological polar surface area (TPSA) is 70.9 Å². The van der Waals surface area contributed by atoms with Crippen molar-refractivity contribution in [2.75, 3.05) is 6.61 Å². The highest BCUT2D eigenvalue weighted by Crippen LogP contribution is 2.47. The monoisotopic (exact) mass is 458 g/mol. The van der Waals surface area contributed by atoms with Crippen molar-refractivity contribution in [2.45, 2.75) is 49.8 Å². The van der Waals surface area contributed by atoms with Gasteiger partial charge in [0.05, 0.1) is 19.8 Å². The Morgan fingerprint density at radius 1 is 0.765 bits per heavy atom. The molecule has 3 aromatic carbocycles. The Bertz CT molecular complexity index is 1110. The third-order valence-corrected chi connectivity index (χ3v) is 6.30. The van der Waals surface area contributed by atoms with Crippen molar-refractivity contribution in [2.24, 2.45) is 10.2 Å². The minimum atomic E-state index is -1.08. The van der Waals surface area contributed by atoms with Crippen molar-refractivity contribution in [1.29, 1.82) is 0 Å². The van der Waals surface area contributed by atoms with Crippen LogP contribution in [-0.2, 0) is 36.9 Å². The second-order valence-electron chi connectivity index (χ2n) is 8.67. The lowest BCUT2D eigenvalue weighted by molar-refractivity contribution is -0.348. The van der Waals surface area contributed by atoms with Crippen molar-refractivity contribution in [3.05, 3.63) is 108 Å². The predicted molar refractivity (Wildman–Crippen MR) is 123 cm³/mol. The zero-order valence-electron chi connectivity index (χ0n) is 18.6. The third-order valence-electron chi connectivity index (χ3n) is 6.30. The summed E-state index contributed by atoms with van der Waals surface area (Å²) in [5.74, 6) is -1.08. The fourth-order valence-electron chi connectivity index (χ4n) is 4.52. The van der Waals surface area contributed by atoms with E-state index in [0.29, 0.717) is 19.8 Å². The van der Waals surface area contributed by atoms with Gasteiger partial charge in [-0.05, 0) is 11.1 Å². The highest BCUT2D eigenvalue weighted by molar-refractivity contribution is 5.18. The van der Waals surface area contributed by atoms with Gasteiger partial charge in [-0.15, -0.1) is 10.2 Å². The maximum Gasteiger partial charge on any atom is 0.322 e. The molecule has 0 aliphatic carbocycles. The summed E-state index contributed by atoms with van der Waals surface area (Å²) in [6, 6.07) is 30.0. The molecule has 174 valence electrons. The number of benzene rings is 3. The van der Waals surface area contributed by atoms with E-state index in [4.69, 9.17) is 23.7 Å². The smallest absolute Gasteiger partial charge is 0.322 e. The number of hydrogen-bond acceptors (Lipinski definition) is 7. The van der Waals surface area contributed by atoms with Crippen LogP contribution in [0.2, 0.25) is 0 Å². The first kappa shape index (κ1) is 21.6. The van der Waals surface area contributed by atoms with Gasteiger partial charge in [-0.1, -0.05) is 91.0 Å². The van der Waals surface area contributed by atoms with Gasteiger partial charge in [0.25, 0.3) is 0 Å². The van der Waals surface area contributed by atoms with Crippen molar-refractivity contribution in [3.8, 4) is 0 Å². The number of hydrogen-bond donors (Lipinski definition) is 0. The van der Waals surface area contributed by atoms with Crippen LogP contribution in [0.5, 0.6) is 0 Å². The minimum Gasteiger partial charge on any atom is -0.368 e. The van der Waals surface area contributed by atoms with Crippen LogP contribution >= 0.6 is 0 Å². The van der Waals surface area contributed by atoms with Crippen molar-refractivity contribution in [1.82, 2.24) is 0 Å². The Morgan fingerprint density at radius 3 is 1.97 bits per heavy atom. The molecule has 1 spiro atoms. The zero-order valence-corrected chi connectivity index (χ0v) is 18.6. The number of nitrogens with zero attached hydrogens (tertiary/aromatic N) is 2. The lowest BCUT2D eigenvalue weighted by Crippen LogP contribution is -2.64. The Balaban J connectivity index is 1.26. The van der Waals surface area contributed by atoms with Gasteiger partial charge in [0.15, 0.2) is 12.4 Å². The van der Waals surface area contributed by atoms with Gasteiger partial charge >= 0.3 is 5.85 Å². The van der Waals surface area contributed by atoms with Crippen molar-refractivity contribution < 1.29 is 23.7 Å². The van der Waals surface area contributed by atoms with Gasteiger partial charge in [-0.3, -0.25) is 0 Å². The van der Waals surface area contributed by atoms with E-state index in [9.17, 15) is 0 Å². The van der Waals surface area contributed by atoms with Crippen LogP contribution in [0.15, 0.2) is 101 Å². The molecule has 3 aromatic rings. The number of rotatable bonds is 7. The van der Waals surface area contributed by atoms with Gasteiger partial charge in [-0.2, -0.15) is 0 Å². The minimum absolute atomic E-state index is 0.355. The number of ether oxygens (including phenoxy) is 5. The quantitative estimate of drug-likeness (QED) is 0.509. The van der Waals surface area contributed by atoms with Gasteiger partial charge in [0, 0.05) is 5.56 Å². The van der Waals surface area contributed by atoms with Gasteiger partial charge < -0.3 is 23.7 Å². The van der Waals surface area contributed by atoms with Crippen LogP contribution in [0.1, 0.15) is 23.0 Å². The molecule has 0 saturated carbocycles. The van der Waals surface area contributed by atoms with Crippen molar-refractivity contribution >= 4 is 0 Å². The molecular formula is C27H26N2O5. The van der Waals surface area contributed by atoms with Crippen LogP contribution in [0.3, 0.4) is 0 Å². The Morgan fingerprint density at radius 2 is 1.35 bits per heavy atom. The van der Waals surface area contributed by atoms with E-state index in [1.54, 1.807) is 0 Å². The van der Waals surface area contributed by atoms with Crippen LogP contribution in [0, 0.1) is 0 Å². The molecule has 0 aromatic heterocycles. The first-order valence-electron chi connectivity index (χ1n) is 11.6. The van der Waals surface area contributed by atoms with E-state index in [1.807, 2.05) is 91.0 Å². The molecule has 3 aliphatic rings. The van der Waals surface area contributed by atoms with E-state index in [-0.39, 0.29) is 6.10 Å². The SMILES string of the molecule is c1ccc(COC2C3OC(c4ccccc4)OCC3OC3(N=N3)C2OCc2ccccc2)cc1. The maximum absolute atomic E-state index is 6.49. The molecule has 2 saturated heterocycles. The molecule has 0 N–H and O–H groups in total. The summed E-state index contributed by atoms with van der Waals surface area (Å²) in [6.45, 7) is 1.16. The molecule has 7 nitrogen and oxygen atoms in total. The first-order valence-corrected chi connectivity index (χ1v) is 11.6. The summed E-state index contributed by atoms with van der Waals surface area (Å²) in [5.41, 5.74) is 3.07. The summed E-state index contributed by atoms with van der Waals surface area (Å²) < 4.78 is 31.6. The summed E-state index contributed by atoms with van der Waals surface area (Å²) in [4.78, 5) is 0. The van der Waals surface area contributed by atoms with Crippen LogP contribution in [0.4, 0.5) is 0 Å². The highest BCUT2D eigenvalue weighted by atomic mass is 16.7. The summed E-state index contributed by atoms with van der Waals surface area (Å²) >= 11 is 0. The Kier molecular flexibility index (Phi) is 5.95. The Hall–Kier alpha value is -2.94. The predicted octanol–water partition coefficient (Wildman–Crippen LogP) is 4.79. The van der Waals surface area contributed by atoms with E-state index >= 15 is 0 Å². The van der Waals surface area contributed by atoms with E-state index in [1.165, 1.54) is 0 Å². The van der Waals surface area contributed by atoms with Crippen LogP contribution in [0.25, 0.3) is 0 Å². The van der Waals surface area contributed by atoms with E-state index in [2.05, 4.69) is 10.2 Å². The van der Waals surface area contributed by atoms with Gasteiger partial charge in [0.2, 0.25) is 0 Å². The second kappa shape index (κ2) is 9.37. The molecule has 34 heavy (non-hydrogen) atoms. The van der Waals surface area contributed by atoms with Crippen LogP contribution in [-0.4, -0.2) is 36.9 Å². The van der Waals surface area contributed by atoms with Crippen molar-refractivity contribution in [3.63, 3.8) is 0 Å². The molecule has 5 atom stereocenters. The average Bonchev–Trinajstić information content (AvgIpc) is 3.67. The molecule has 3 heterocycles.